The normalized spacial score (nSPS) is 11.8. The summed E-state index contributed by atoms with van der Waals surface area (Å²) in [7, 11) is -1.52. The van der Waals surface area contributed by atoms with Gasteiger partial charge >= 0.3 is 7.12 Å². The lowest BCUT2D eigenvalue weighted by Crippen LogP contribution is -2.06. The van der Waals surface area contributed by atoms with Crippen molar-refractivity contribution >= 4 is 18.7 Å². The summed E-state index contributed by atoms with van der Waals surface area (Å²) in [6, 6.07) is 0. The molecule has 0 aromatic heterocycles. The molecule has 0 aromatic rings. The fourth-order valence-corrected chi connectivity index (χ4v) is 0.549. The first kappa shape index (κ1) is 8.97. The Morgan fingerprint density at radius 1 is 1.56 bits per heavy atom. The predicted molar refractivity (Wildman–Crippen MR) is 35.8 cm³/mol. The standard InChI is InChI=1S/C4H8BClO3/c6-4(1-2-7)3-5(8)9/h3,7-9H,1-2H2/b4-3-. The molecule has 3 N–H and O–H groups in total. The van der Waals surface area contributed by atoms with E-state index in [1.54, 1.807) is 0 Å². The Morgan fingerprint density at radius 3 is 2.44 bits per heavy atom. The molecule has 0 aliphatic rings. The zero-order chi connectivity index (χ0) is 7.28. The molecule has 0 amide bonds. The van der Waals surface area contributed by atoms with E-state index < -0.39 is 7.12 Å². The fraction of sp³-hybridized carbons (Fsp3) is 0.500. The van der Waals surface area contributed by atoms with Crippen LogP contribution in [-0.2, 0) is 0 Å². The van der Waals surface area contributed by atoms with Crippen LogP contribution in [0.1, 0.15) is 6.42 Å². The maximum absolute atomic E-state index is 8.26. The molecule has 0 radical (unpaired) electrons. The van der Waals surface area contributed by atoms with Crippen LogP contribution in [0.2, 0.25) is 0 Å². The van der Waals surface area contributed by atoms with Crippen molar-refractivity contribution in [3.8, 4) is 0 Å². The van der Waals surface area contributed by atoms with E-state index in [1.165, 1.54) is 0 Å². The van der Waals surface area contributed by atoms with Crippen LogP contribution >= 0.6 is 11.6 Å². The molecule has 0 heterocycles. The van der Waals surface area contributed by atoms with Crippen LogP contribution in [0, 0.1) is 0 Å². The molecule has 0 aliphatic carbocycles. The third-order valence-electron chi connectivity index (χ3n) is 0.681. The second kappa shape index (κ2) is 4.82. The van der Waals surface area contributed by atoms with Crippen molar-refractivity contribution in [1.29, 1.82) is 0 Å². The molecule has 0 unspecified atom stereocenters. The van der Waals surface area contributed by atoms with E-state index in [2.05, 4.69) is 0 Å². The number of hydrogen-bond donors (Lipinski definition) is 3. The summed E-state index contributed by atoms with van der Waals surface area (Å²) in [5.41, 5.74) is 0. The van der Waals surface area contributed by atoms with Gasteiger partial charge in [-0.1, -0.05) is 11.6 Å². The summed E-state index contributed by atoms with van der Waals surface area (Å²) in [5, 5.41) is 25.0. The van der Waals surface area contributed by atoms with Crippen molar-refractivity contribution in [3.05, 3.63) is 11.0 Å². The van der Waals surface area contributed by atoms with Crippen molar-refractivity contribution < 1.29 is 15.2 Å². The first-order chi connectivity index (χ1) is 4.16. The molecule has 0 aromatic carbocycles. The van der Waals surface area contributed by atoms with E-state index in [9.17, 15) is 0 Å². The summed E-state index contributed by atoms with van der Waals surface area (Å²) in [5.74, 6) is 1.05. The van der Waals surface area contributed by atoms with Crippen LogP contribution in [0.3, 0.4) is 0 Å². The Labute approximate surface area is 58.7 Å². The van der Waals surface area contributed by atoms with Gasteiger partial charge < -0.3 is 15.2 Å². The monoisotopic (exact) mass is 150 g/mol. The highest BCUT2D eigenvalue weighted by atomic mass is 35.5. The zero-order valence-electron chi connectivity index (χ0n) is 4.79. The number of hydrogen-bond acceptors (Lipinski definition) is 3. The largest absolute Gasteiger partial charge is 0.481 e. The van der Waals surface area contributed by atoms with Crippen molar-refractivity contribution in [1.82, 2.24) is 0 Å². The maximum atomic E-state index is 8.26. The molecule has 9 heavy (non-hydrogen) atoms. The third-order valence-corrected chi connectivity index (χ3v) is 0.996. The quantitative estimate of drug-likeness (QED) is 0.476. The molecule has 0 saturated heterocycles. The second-order valence-electron chi connectivity index (χ2n) is 1.50. The van der Waals surface area contributed by atoms with Gasteiger partial charge in [0.15, 0.2) is 0 Å². The van der Waals surface area contributed by atoms with Crippen molar-refractivity contribution in [2.45, 2.75) is 6.42 Å². The van der Waals surface area contributed by atoms with E-state index in [0.29, 0.717) is 0 Å². The summed E-state index contributed by atoms with van der Waals surface area (Å²) < 4.78 is 0. The topological polar surface area (TPSA) is 60.7 Å². The molecule has 0 bridgehead atoms. The lowest BCUT2D eigenvalue weighted by atomic mass is 9.91. The van der Waals surface area contributed by atoms with Gasteiger partial charge in [-0.25, -0.2) is 0 Å². The molecule has 0 rings (SSSR count). The Morgan fingerprint density at radius 2 is 2.11 bits per heavy atom. The third kappa shape index (κ3) is 5.85. The molecule has 52 valence electrons. The predicted octanol–water partition coefficient (Wildman–Crippen LogP) is -0.497. The number of rotatable bonds is 3. The van der Waals surface area contributed by atoms with Gasteiger partial charge in [0.25, 0.3) is 0 Å². The highest BCUT2D eigenvalue weighted by Crippen LogP contribution is 2.04. The molecular weight excluding hydrogens is 142 g/mol. The summed E-state index contributed by atoms with van der Waals surface area (Å²) in [6.45, 7) is -0.0813. The average molecular weight is 150 g/mol. The van der Waals surface area contributed by atoms with Gasteiger partial charge in [-0.15, -0.1) is 0 Å². The van der Waals surface area contributed by atoms with Crippen LogP contribution in [0.5, 0.6) is 0 Å². The molecule has 3 nitrogen and oxygen atoms in total. The van der Waals surface area contributed by atoms with Crippen LogP contribution in [0.15, 0.2) is 11.0 Å². The first-order valence-corrected chi connectivity index (χ1v) is 2.88. The minimum atomic E-state index is -1.52. The van der Waals surface area contributed by atoms with Crippen molar-refractivity contribution in [2.24, 2.45) is 0 Å². The summed E-state index contributed by atoms with van der Waals surface area (Å²) in [6.07, 6.45) is 0.263. The van der Waals surface area contributed by atoms with Crippen LogP contribution in [-0.4, -0.2) is 28.9 Å². The summed E-state index contributed by atoms with van der Waals surface area (Å²) in [4.78, 5) is 0. The molecule has 0 aliphatic heterocycles. The van der Waals surface area contributed by atoms with Gasteiger partial charge in [0.05, 0.1) is 0 Å². The van der Waals surface area contributed by atoms with Gasteiger partial charge in [0, 0.05) is 18.1 Å². The molecular formula is C4H8BClO3. The van der Waals surface area contributed by atoms with E-state index in [0.717, 1.165) is 5.98 Å². The Bertz CT molecular complexity index is 104. The van der Waals surface area contributed by atoms with Crippen LogP contribution < -0.4 is 0 Å². The molecule has 5 heteroatoms. The van der Waals surface area contributed by atoms with Gasteiger partial charge in [-0.05, 0) is 5.98 Å². The molecule has 0 fully saturated rings. The summed E-state index contributed by atoms with van der Waals surface area (Å²) >= 11 is 5.36. The van der Waals surface area contributed by atoms with Crippen LogP contribution in [0.25, 0.3) is 0 Å². The van der Waals surface area contributed by atoms with E-state index in [1.807, 2.05) is 0 Å². The average Bonchev–Trinajstić information content (AvgIpc) is 1.63. The molecule has 0 saturated carbocycles. The van der Waals surface area contributed by atoms with Gasteiger partial charge in [-0.2, -0.15) is 0 Å². The van der Waals surface area contributed by atoms with Gasteiger partial charge in [-0.3, -0.25) is 0 Å². The molecule has 0 atom stereocenters. The Balaban J connectivity index is 3.55. The number of aliphatic hydroxyl groups is 1. The SMILES string of the molecule is OCC/C(Cl)=C/B(O)O. The fourth-order valence-electron chi connectivity index (χ4n) is 0.352. The number of aliphatic hydroxyl groups excluding tert-OH is 1. The van der Waals surface area contributed by atoms with E-state index >= 15 is 0 Å². The second-order valence-corrected chi connectivity index (χ2v) is 1.99. The lowest BCUT2D eigenvalue weighted by molar-refractivity contribution is 0.301. The van der Waals surface area contributed by atoms with E-state index in [-0.39, 0.29) is 18.1 Å². The van der Waals surface area contributed by atoms with Gasteiger partial charge in [0.1, 0.15) is 0 Å². The Kier molecular flexibility index (Phi) is 4.80. The first-order valence-electron chi connectivity index (χ1n) is 2.50. The zero-order valence-corrected chi connectivity index (χ0v) is 5.54. The highest BCUT2D eigenvalue weighted by Gasteiger charge is 2.01. The molecule has 0 spiro atoms. The van der Waals surface area contributed by atoms with Crippen molar-refractivity contribution in [3.63, 3.8) is 0 Å². The highest BCUT2D eigenvalue weighted by molar-refractivity contribution is 6.50. The van der Waals surface area contributed by atoms with E-state index in [4.69, 9.17) is 26.8 Å². The smallest absolute Gasteiger partial charge is 0.424 e. The minimum absolute atomic E-state index is 0.0813. The minimum Gasteiger partial charge on any atom is -0.424 e. The maximum Gasteiger partial charge on any atom is 0.481 e. The van der Waals surface area contributed by atoms with Crippen LogP contribution in [0.4, 0.5) is 0 Å². The Hall–Kier alpha value is -0.0251. The number of halogens is 1. The lowest BCUT2D eigenvalue weighted by Gasteiger charge is -1.92. The van der Waals surface area contributed by atoms with Gasteiger partial charge in [0.2, 0.25) is 0 Å². The van der Waals surface area contributed by atoms with Crippen molar-refractivity contribution in [2.75, 3.05) is 6.61 Å².